The first-order valence-electron chi connectivity index (χ1n) is 5.69. The quantitative estimate of drug-likeness (QED) is 0.553. The van der Waals surface area contributed by atoms with Crippen molar-refractivity contribution in [3.63, 3.8) is 0 Å². The summed E-state index contributed by atoms with van der Waals surface area (Å²) in [5, 5.41) is 13.9. The number of nitrogens with one attached hydrogen (secondary N) is 1. The lowest BCUT2D eigenvalue weighted by atomic mass is 10.1. The number of benzene rings is 1. The predicted octanol–water partition coefficient (Wildman–Crippen LogP) is 3.00. The van der Waals surface area contributed by atoms with Gasteiger partial charge in [-0.1, -0.05) is 36.5 Å². The number of anilines is 1. The van der Waals surface area contributed by atoms with Gasteiger partial charge in [0.25, 0.3) is 0 Å². The zero-order valence-corrected chi connectivity index (χ0v) is 11.4. The maximum atomic E-state index is 9.94. The average Bonchev–Trinajstić information content (AvgIpc) is 2.30. The lowest BCUT2D eigenvalue weighted by molar-refractivity contribution is 0.175. The van der Waals surface area contributed by atoms with Crippen LogP contribution in [0.3, 0.4) is 0 Å². The molecule has 5 heteroatoms. The zero-order valence-electron chi connectivity index (χ0n) is 9.84. The van der Waals surface area contributed by atoms with Crippen molar-refractivity contribution >= 4 is 28.9 Å². The van der Waals surface area contributed by atoms with Crippen LogP contribution in [0, 0.1) is 0 Å². The number of halogens is 2. The molecule has 17 heavy (non-hydrogen) atoms. The number of nitrogens with two attached hydrogens (primary N) is 1. The Morgan fingerprint density at radius 2 is 1.94 bits per heavy atom. The van der Waals surface area contributed by atoms with Crippen LogP contribution < -0.4 is 11.1 Å². The van der Waals surface area contributed by atoms with E-state index in [-0.39, 0.29) is 0 Å². The Labute approximate surface area is 112 Å². The maximum Gasteiger partial charge on any atom is 0.0915 e. The summed E-state index contributed by atoms with van der Waals surface area (Å²) in [6, 6.07) is 3.30. The highest BCUT2D eigenvalue weighted by molar-refractivity contribution is 6.38. The van der Waals surface area contributed by atoms with Crippen molar-refractivity contribution in [3.05, 3.63) is 27.7 Å². The van der Waals surface area contributed by atoms with Crippen LogP contribution in [0.25, 0.3) is 0 Å². The van der Waals surface area contributed by atoms with E-state index in [1.165, 1.54) is 0 Å². The highest BCUT2D eigenvalue weighted by Gasteiger charge is 2.11. The van der Waals surface area contributed by atoms with E-state index in [1.54, 1.807) is 12.1 Å². The first-order valence-corrected chi connectivity index (χ1v) is 6.45. The highest BCUT2D eigenvalue weighted by Crippen LogP contribution is 2.31. The van der Waals surface area contributed by atoms with Crippen LogP contribution in [0.1, 0.15) is 31.4 Å². The lowest BCUT2D eigenvalue weighted by Gasteiger charge is -2.14. The van der Waals surface area contributed by atoms with Gasteiger partial charge in [0, 0.05) is 6.54 Å². The molecule has 0 aliphatic carbocycles. The Hall–Kier alpha value is -0.480. The summed E-state index contributed by atoms with van der Waals surface area (Å²) in [5.41, 5.74) is 6.66. The van der Waals surface area contributed by atoms with Gasteiger partial charge < -0.3 is 16.2 Å². The van der Waals surface area contributed by atoms with Gasteiger partial charge in [0.2, 0.25) is 0 Å². The van der Waals surface area contributed by atoms with Crippen molar-refractivity contribution in [3.8, 4) is 0 Å². The van der Waals surface area contributed by atoms with Crippen LogP contribution in [0.4, 0.5) is 5.69 Å². The van der Waals surface area contributed by atoms with Crippen LogP contribution >= 0.6 is 23.2 Å². The van der Waals surface area contributed by atoms with Gasteiger partial charge in [-0.2, -0.15) is 0 Å². The summed E-state index contributed by atoms with van der Waals surface area (Å²) in [4.78, 5) is 0. The molecule has 0 radical (unpaired) electrons. The molecule has 0 fully saturated rings. The minimum absolute atomic E-state index is 0.350. The molecular weight excluding hydrogens is 259 g/mol. The van der Waals surface area contributed by atoms with Crippen molar-refractivity contribution in [2.75, 3.05) is 18.8 Å². The number of nitrogen functional groups attached to an aromatic ring is 1. The van der Waals surface area contributed by atoms with E-state index >= 15 is 0 Å². The molecule has 0 spiro atoms. The third-order valence-corrected chi connectivity index (χ3v) is 3.16. The fourth-order valence-electron chi connectivity index (χ4n) is 1.45. The summed E-state index contributed by atoms with van der Waals surface area (Å²) in [5.74, 6) is 0. The van der Waals surface area contributed by atoms with Crippen LogP contribution in [-0.2, 0) is 0 Å². The number of rotatable bonds is 6. The largest absolute Gasteiger partial charge is 0.396 e. The molecule has 1 unspecified atom stereocenters. The van der Waals surface area contributed by atoms with Gasteiger partial charge in [0.05, 0.1) is 21.8 Å². The molecule has 1 aromatic rings. The predicted molar refractivity (Wildman–Crippen MR) is 73.6 cm³/mol. The first kappa shape index (κ1) is 14.6. The Morgan fingerprint density at radius 1 is 1.35 bits per heavy atom. The first-order chi connectivity index (χ1) is 8.06. The van der Waals surface area contributed by atoms with Crippen LogP contribution in [0.2, 0.25) is 10.0 Å². The molecule has 0 aliphatic heterocycles. The highest BCUT2D eigenvalue weighted by atomic mass is 35.5. The molecule has 0 amide bonds. The van der Waals surface area contributed by atoms with E-state index in [2.05, 4.69) is 12.2 Å². The van der Waals surface area contributed by atoms with Gasteiger partial charge in [-0.3, -0.25) is 0 Å². The third-order valence-electron chi connectivity index (χ3n) is 2.53. The molecule has 0 saturated carbocycles. The normalized spacial score (nSPS) is 12.7. The van der Waals surface area contributed by atoms with Gasteiger partial charge in [0.1, 0.15) is 0 Å². The fraction of sp³-hybridized carbons (Fsp3) is 0.500. The monoisotopic (exact) mass is 276 g/mol. The van der Waals surface area contributed by atoms with Crippen LogP contribution in [0.5, 0.6) is 0 Å². The Bertz CT molecular complexity index is 349. The number of hydrogen-bond donors (Lipinski definition) is 3. The van der Waals surface area contributed by atoms with Gasteiger partial charge in [0.15, 0.2) is 0 Å². The topological polar surface area (TPSA) is 58.3 Å². The Kier molecular flexibility index (Phi) is 6.06. The number of aliphatic hydroxyl groups excluding tert-OH is 1. The van der Waals surface area contributed by atoms with E-state index in [0.717, 1.165) is 19.4 Å². The molecular formula is C12H18Cl2N2O. The van der Waals surface area contributed by atoms with Crippen LogP contribution in [0.15, 0.2) is 12.1 Å². The number of unbranched alkanes of at least 4 members (excludes halogenated alkanes) is 1. The zero-order chi connectivity index (χ0) is 12.8. The lowest BCUT2D eigenvalue weighted by Crippen LogP contribution is -2.22. The standard InChI is InChI=1S/C12H18Cl2N2O/c1-2-3-4-16-7-11(17)8-5-9(13)12(15)10(14)6-8/h5-6,11,16-17H,2-4,7,15H2,1H3. The summed E-state index contributed by atoms with van der Waals surface area (Å²) >= 11 is 11.8. The van der Waals surface area contributed by atoms with Crippen molar-refractivity contribution < 1.29 is 5.11 Å². The van der Waals surface area contributed by atoms with E-state index in [1.807, 2.05) is 0 Å². The molecule has 3 nitrogen and oxygen atoms in total. The molecule has 4 N–H and O–H groups in total. The van der Waals surface area contributed by atoms with Crippen molar-refractivity contribution in [2.24, 2.45) is 0 Å². The molecule has 1 rings (SSSR count). The molecule has 0 aliphatic rings. The van der Waals surface area contributed by atoms with Gasteiger partial charge in [-0.15, -0.1) is 0 Å². The molecule has 0 saturated heterocycles. The maximum absolute atomic E-state index is 9.94. The Balaban J connectivity index is 2.60. The molecule has 96 valence electrons. The van der Waals surface area contributed by atoms with Crippen molar-refractivity contribution in [1.82, 2.24) is 5.32 Å². The molecule has 0 aromatic heterocycles. The fourth-order valence-corrected chi connectivity index (χ4v) is 1.96. The van der Waals surface area contributed by atoms with Gasteiger partial charge in [-0.25, -0.2) is 0 Å². The summed E-state index contributed by atoms with van der Waals surface area (Å²) in [6.07, 6.45) is 1.60. The van der Waals surface area contributed by atoms with E-state index in [9.17, 15) is 5.11 Å². The third kappa shape index (κ3) is 4.36. The number of hydrogen-bond acceptors (Lipinski definition) is 3. The summed E-state index contributed by atoms with van der Waals surface area (Å²) < 4.78 is 0. The van der Waals surface area contributed by atoms with E-state index < -0.39 is 6.10 Å². The van der Waals surface area contributed by atoms with Crippen molar-refractivity contribution in [1.29, 1.82) is 0 Å². The smallest absolute Gasteiger partial charge is 0.0915 e. The second kappa shape index (κ2) is 7.07. The van der Waals surface area contributed by atoms with E-state index in [4.69, 9.17) is 28.9 Å². The summed E-state index contributed by atoms with van der Waals surface area (Å²) in [7, 11) is 0. The molecule has 0 bridgehead atoms. The van der Waals surface area contributed by atoms with Gasteiger partial charge in [-0.05, 0) is 30.7 Å². The number of aliphatic hydroxyl groups is 1. The molecule has 0 heterocycles. The summed E-state index contributed by atoms with van der Waals surface area (Å²) in [6.45, 7) is 3.50. The minimum Gasteiger partial charge on any atom is -0.396 e. The minimum atomic E-state index is -0.623. The average molecular weight is 277 g/mol. The van der Waals surface area contributed by atoms with E-state index in [0.29, 0.717) is 27.8 Å². The Morgan fingerprint density at radius 3 is 2.47 bits per heavy atom. The van der Waals surface area contributed by atoms with Gasteiger partial charge >= 0.3 is 0 Å². The molecule has 1 atom stereocenters. The molecule has 1 aromatic carbocycles. The SMILES string of the molecule is CCCCNCC(O)c1cc(Cl)c(N)c(Cl)c1. The van der Waals surface area contributed by atoms with Crippen LogP contribution in [-0.4, -0.2) is 18.2 Å². The second-order valence-corrected chi connectivity index (χ2v) is 4.79. The second-order valence-electron chi connectivity index (χ2n) is 3.97. The van der Waals surface area contributed by atoms with Crippen molar-refractivity contribution in [2.45, 2.75) is 25.9 Å².